The summed E-state index contributed by atoms with van der Waals surface area (Å²) in [7, 11) is 0. The Morgan fingerprint density at radius 3 is 1.57 bits per heavy atom. The van der Waals surface area contributed by atoms with Crippen LogP contribution in [-0.4, -0.2) is 126 Å². The zero-order chi connectivity index (χ0) is 35.9. The van der Waals surface area contributed by atoms with E-state index in [1.54, 1.807) is 70.5 Å². The molecule has 2 aromatic rings. The first-order valence-electron chi connectivity index (χ1n) is 16.6. The number of rotatable bonds is 20. The summed E-state index contributed by atoms with van der Waals surface area (Å²) in [6, 6.07) is 15.2. The van der Waals surface area contributed by atoms with E-state index in [0.717, 1.165) is 25.7 Å². The third-order valence-corrected chi connectivity index (χ3v) is 7.08. The molecule has 13 heteroatoms. The average molecular weight is 707 g/mol. The van der Waals surface area contributed by atoms with Gasteiger partial charge in [-0.1, -0.05) is 76.2 Å². The van der Waals surface area contributed by atoms with Crippen LogP contribution in [0.15, 0.2) is 65.7 Å². The van der Waals surface area contributed by atoms with Crippen molar-refractivity contribution in [3.8, 4) is 0 Å². The van der Waals surface area contributed by atoms with Gasteiger partial charge in [-0.3, -0.25) is 24.2 Å². The maximum Gasteiger partial charge on any atom is 2.00 e. The summed E-state index contributed by atoms with van der Waals surface area (Å²) in [5.41, 5.74) is 0.824. The Balaban J connectivity index is 0.000000922. The van der Waals surface area contributed by atoms with Crippen molar-refractivity contribution in [3.63, 3.8) is 0 Å². The molecule has 0 heterocycles. The molecule has 49 heavy (non-hydrogen) atoms. The van der Waals surface area contributed by atoms with E-state index in [4.69, 9.17) is 5.11 Å². The van der Waals surface area contributed by atoms with Crippen LogP contribution < -0.4 is 15.5 Å². The third kappa shape index (κ3) is 18.2. The first-order valence-corrected chi connectivity index (χ1v) is 16.6. The first-order chi connectivity index (χ1) is 23.0. The van der Waals surface area contributed by atoms with Crippen molar-refractivity contribution < 1.29 is 39.3 Å². The SMILES string of the molecule is CCCN(CCC)C(=O)[C@H](CCC(=O)O)NC(=O)c1ccccc1.CCCN(CCC)C(=O)[C@H](CCC(=O)[O-])N=C([O-])c1ccccc1.[Ca+2]. The second-order valence-electron chi connectivity index (χ2n) is 11.2. The fourth-order valence-corrected chi connectivity index (χ4v) is 4.83. The second kappa shape index (κ2) is 26.4. The van der Waals surface area contributed by atoms with Crippen molar-refractivity contribution in [2.45, 2.75) is 91.1 Å². The van der Waals surface area contributed by atoms with E-state index in [9.17, 15) is 34.2 Å². The minimum atomic E-state index is -1.26. The topological polar surface area (TPSA) is 183 Å². The molecule has 2 rings (SSSR count). The molecule has 0 unspecified atom stereocenters. The molecule has 2 aromatic carbocycles. The zero-order valence-electron chi connectivity index (χ0n) is 29.3. The average Bonchev–Trinajstić information content (AvgIpc) is 3.08. The Morgan fingerprint density at radius 2 is 1.14 bits per heavy atom. The monoisotopic (exact) mass is 706 g/mol. The van der Waals surface area contributed by atoms with Crippen LogP contribution in [0.3, 0.4) is 0 Å². The molecule has 0 aliphatic carbocycles. The summed E-state index contributed by atoms with van der Waals surface area (Å²) in [6.07, 6.45) is 2.75. The Hall–Kier alpha value is -3.48. The fraction of sp³-hybridized carbons (Fsp3) is 0.500. The number of hydrogen-bond acceptors (Lipinski definition) is 8. The van der Waals surface area contributed by atoms with Gasteiger partial charge in [0.1, 0.15) is 12.1 Å². The van der Waals surface area contributed by atoms with E-state index >= 15 is 0 Å². The number of carboxylic acid groups (broad SMARTS) is 2. The molecule has 264 valence electrons. The summed E-state index contributed by atoms with van der Waals surface area (Å²) in [4.78, 5) is 66.6. The Morgan fingerprint density at radius 1 is 0.694 bits per heavy atom. The Kier molecular flexibility index (Phi) is 24.5. The van der Waals surface area contributed by atoms with Crippen molar-refractivity contribution in [3.05, 3.63) is 71.8 Å². The number of carbonyl (C=O) groups excluding carboxylic acids is 4. The van der Waals surface area contributed by atoms with Gasteiger partial charge < -0.3 is 35.2 Å². The van der Waals surface area contributed by atoms with Crippen LogP contribution in [0.2, 0.25) is 0 Å². The summed E-state index contributed by atoms with van der Waals surface area (Å²) in [5.74, 6) is -3.65. The largest absolute Gasteiger partial charge is 2.00 e. The molecular formula is C36H50CaN4O8. The van der Waals surface area contributed by atoms with Crippen LogP contribution in [-0.2, 0) is 19.2 Å². The quantitative estimate of drug-likeness (QED) is 0.119. The molecule has 12 nitrogen and oxygen atoms in total. The second-order valence-corrected chi connectivity index (χ2v) is 11.2. The maximum atomic E-state index is 12.7. The summed E-state index contributed by atoms with van der Waals surface area (Å²) >= 11 is 0. The van der Waals surface area contributed by atoms with Crippen LogP contribution in [0.1, 0.15) is 95.0 Å². The minimum Gasteiger partial charge on any atom is -0.858 e. The van der Waals surface area contributed by atoms with Crippen molar-refractivity contribution >= 4 is 73.3 Å². The van der Waals surface area contributed by atoms with Crippen LogP contribution in [0, 0.1) is 0 Å². The van der Waals surface area contributed by atoms with Gasteiger partial charge >= 0.3 is 43.7 Å². The normalized spacial score (nSPS) is 11.9. The fourth-order valence-electron chi connectivity index (χ4n) is 4.83. The summed E-state index contributed by atoms with van der Waals surface area (Å²) in [6.45, 7) is 10.2. The van der Waals surface area contributed by atoms with Gasteiger partial charge in [-0.05, 0) is 68.5 Å². The molecule has 0 radical (unpaired) electrons. The standard InChI is InChI=1S/2C18H26N2O4.Ca/c2*1-3-12-20(13-4-2)18(24)15(10-11-16(21)22)19-17(23)14-8-6-5-7-9-14;/h2*5-9,15H,3-4,10-13H2,1-2H3,(H,19,23)(H,21,22);/q;;+2/p-2/t2*15-;/m00./s1. The van der Waals surface area contributed by atoms with Gasteiger partial charge in [0, 0.05) is 44.1 Å². The zero-order valence-corrected chi connectivity index (χ0v) is 31.5. The molecule has 0 aliphatic heterocycles. The molecule has 0 saturated carbocycles. The van der Waals surface area contributed by atoms with Crippen molar-refractivity contribution in [2.24, 2.45) is 4.99 Å². The number of nitrogens with one attached hydrogen (secondary N) is 1. The number of carboxylic acids is 2. The van der Waals surface area contributed by atoms with Gasteiger partial charge in [-0.15, -0.1) is 0 Å². The van der Waals surface area contributed by atoms with Gasteiger partial charge in [0.15, 0.2) is 0 Å². The molecule has 0 saturated heterocycles. The van der Waals surface area contributed by atoms with E-state index in [-0.39, 0.29) is 81.1 Å². The molecule has 0 fully saturated rings. The number of benzene rings is 2. The number of hydrogen-bond donors (Lipinski definition) is 2. The number of nitrogens with zero attached hydrogens (tertiary/aromatic N) is 3. The third-order valence-electron chi connectivity index (χ3n) is 7.08. The van der Waals surface area contributed by atoms with Gasteiger partial charge in [-0.25, -0.2) is 0 Å². The van der Waals surface area contributed by atoms with Gasteiger partial charge in [0.05, 0.1) is 0 Å². The number of carbonyl (C=O) groups is 5. The molecule has 2 atom stereocenters. The maximum absolute atomic E-state index is 12.7. The van der Waals surface area contributed by atoms with Crippen LogP contribution in [0.25, 0.3) is 0 Å². The van der Waals surface area contributed by atoms with Gasteiger partial charge in [0.25, 0.3) is 5.91 Å². The van der Waals surface area contributed by atoms with E-state index in [1.165, 1.54) is 0 Å². The van der Waals surface area contributed by atoms with E-state index in [2.05, 4.69) is 10.3 Å². The van der Waals surface area contributed by atoms with Crippen molar-refractivity contribution in [2.75, 3.05) is 26.2 Å². The molecule has 3 amide bonds. The molecule has 0 spiro atoms. The van der Waals surface area contributed by atoms with E-state index in [0.29, 0.717) is 37.3 Å². The van der Waals surface area contributed by atoms with Crippen molar-refractivity contribution in [1.82, 2.24) is 15.1 Å². The van der Waals surface area contributed by atoms with E-state index < -0.39 is 29.9 Å². The summed E-state index contributed by atoms with van der Waals surface area (Å²) in [5, 5.41) is 34.6. The first kappa shape index (κ1) is 45.5. The predicted molar refractivity (Wildman–Crippen MR) is 186 cm³/mol. The molecule has 0 bridgehead atoms. The number of aliphatic carboxylic acids is 2. The minimum absolute atomic E-state index is 0. The predicted octanol–water partition coefficient (Wildman–Crippen LogP) is 2.26. The van der Waals surface area contributed by atoms with Crippen LogP contribution in [0.4, 0.5) is 0 Å². The van der Waals surface area contributed by atoms with Gasteiger partial charge in [0.2, 0.25) is 11.8 Å². The van der Waals surface area contributed by atoms with Gasteiger partial charge in [-0.2, -0.15) is 0 Å². The van der Waals surface area contributed by atoms with Crippen molar-refractivity contribution in [1.29, 1.82) is 0 Å². The molecule has 2 N–H and O–H groups in total. The number of amides is 3. The van der Waals surface area contributed by atoms with Crippen LogP contribution >= 0.6 is 0 Å². The molecular weight excluding hydrogens is 656 g/mol. The molecule has 0 aliphatic rings. The summed E-state index contributed by atoms with van der Waals surface area (Å²) < 4.78 is 0. The smallest absolute Gasteiger partial charge is 0.858 e. The molecule has 0 aromatic heterocycles. The Labute approximate surface area is 320 Å². The Bertz CT molecular complexity index is 1300. The number of aliphatic imine (C=N–C) groups is 1. The van der Waals surface area contributed by atoms with E-state index in [1.807, 2.05) is 27.7 Å². The van der Waals surface area contributed by atoms with Crippen LogP contribution in [0.5, 0.6) is 0 Å².